The molecule has 0 amide bonds. The second-order valence-electron chi connectivity index (χ2n) is 21.2. The van der Waals surface area contributed by atoms with Gasteiger partial charge >= 0.3 is 19.8 Å². The maximum atomic E-state index is 12.8. The zero-order valence-electron chi connectivity index (χ0n) is 53.5. The minimum atomic E-state index is -4.41. The van der Waals surface area contributed by atoms with Gasteiger partial charge < -0.3 is 20.1 Å². The lowest BCUT2D eigenvalue weighted by Gasteiger charge is -2.19. The Morgan fingerprint density at radius 3 is 0.906 bits per heavy atom. The van der Waals surface area contributed by atoms with Crippen molar-refractivity contribution >= 4 is 19.8 Å². The summed E-state index contributed by atoms with van der Waals surface area (Å²) in [4.78, 5) is 35.3. The molecule has 0 aromatic heterocycles. The second kappa shape index (κ2) is 68.2. The fraction of sp³-hybridized carbons (Fsp3) is 0.573. The highest BCUT2D eigenvalue weighted by molar-refractivity contribution is 7.47. The van der Waals surface area contributed by atoms with Crippen LogP contribution in [0.25, 0.3) is 0 Å². The van der Waals surface area contributed by atoms with Gasteiger partial charge in [-0.3, -0.25) is 18.6 Å². The second-order valence-corrected chi connectivity index (χ2v) is 22.7. The van der Waals surface area contributed by atoms with Crippen LogP contribution in [-0.4, -0.2) is 49.3 Å². The van der Waals surface area contributed by atoms with Gasteiger partial charge in [-0.2, -0.15) is 0 Å². The zero-order chi connectivity index (χ0) is 61.6. The molecular weight excluding hydrogens is 1070 g/mol. The minimum absolute atomic E-state index is 0.0415. The Balaban J connectivity index is 4.02. The van der Waals surface area contributed by atoms with E-state index >= 15 is 0 Å². The molecule has 0 aromatic carbocycles. The number of phosphoric acid groups is 1. The summed E-state index contributed by atoms with van der Waals surface area (Å²) >= 11 is 0. The third-order valence-electron chi connectivity index (χ3n) is 13.3. The Morgan fingerprint density at radius 2 is 0.612 bits per heavy atom. The quantitative estimate of drug-likeness (QED) is 0.0264. The first-order valence-corrected chi connectivity index (χ1v) is 34.8. The molecule has 9 nitrogen and oxygen atoms in total. The molecule has 2 atom stereocenters. The summed E-state index contributed by atoms with van der Waals surface area (Å²) in [6.07, 6.45) is 102. The molecule has 0 aliphatic carbocycles. The van der Waals surface area contributed by atoms with Crippen LogP contribution in [0.5, 0.6) is 0 Å². The van der Waals surface area contributed by atoms with Gasteiger partial charge in [-0.15, -0.1) is 0 Å². The Hall–Kier alpha value is -4.89. The molecular formula is C75H120NO8P. The predicted molar refractivity (Wildman–Crippen MR) is 366 cm³/mol. The fourth-order valence-electron chi connectivity index (χ4n) is 8.46. The SMILES string of the molecule is CC/C=C\C/C=C\C/C=C\C/C=C\C/C=C\C/C=C\C/C=C\C/C=C\C/C=C\CCCCCCCCCCCC(=O)OC(COC(=O)CCCCCCCCCC/C=C\C/C=C\C/C=C\C/C=C\C/C=C\C/C=C\CC)COP(=O)(O)OCCN. The Bertz CT molecular complexity index is 2040. The van der Waals surface area contributed by atoms with Crippen LogP contribution < -0.4 is 5.73 Å². The van der Waals surface area contributed by atoms with Gasteiger partial charge in [0.25, 0.3) is 0 Å². The zero-order valence-corrected chi connectivity index (χ0v) is 54.4. The summed E-state index contributed by atoms with van der Waals surface area (Å²) in [5.74, 6) is -0.856. The van der Waals surface area contributed by atoms with Crippen molar-refractivity contribution in [1.82, 2.24) is 0 Å². The first kappa shape index (κ1) is 80.1. The molecule has 3 N–H and O–H groups in total. The van der Waals surface area contributed by atoms with E-state index in [4.69, 9.17) is 24.3 Å². The summed E-state index contributed by atoms with van der Waals surface area (Å²) in [5.41, 5.74) is 5.39. The van der Waals surface area contributed by atoms with Crippen LogP contribution in [0, 0.1) is 0 Å². The van der Waals surface area contributed by atoms with Crippen molar-refractivity contribution in [3.63, 3.8) is 0 Å². The molecule has 478 valence electrons. The number of esters is 2. The molecule has 0 rings (SSSR count). The van der Waals surface area contributed by atoms with Crippen molar-refractivity contribution in [2.75, 3.05) is 26.4 Å². The van der Waals surface area contributed by atoms with Gasteiger partial charge in [-0.1, -0.05) is 280 Å². The summed E-state index contributed by atoms with van der Waals surface area (Å²) in [5, 5.41) is 0. The van der Waals surface area contributed by atoms with E-state index in [0.29, 0.717) is 12.8 Å². The minimum Gasteiger partial charge on any atom is -0.462 e. The maximum Gasteiger partial charge on any atom is 0.472 e. The molecule has 0 radical (unpaired) electrons. The van der Waals surface area contributed by atoms with Crippen molar-refractivity contribution in [2.24, 2.45) is 5.73 Å². The lowest BCUT2D eigenvalue weighted by atomic mass is 10.1. The summed E-state index contributed by atoms with van der Waals surface area (Å²) in [6, 6.07) is 0. The van der Waals surface area contributed by atoms with Gasteiger partial charge in [0.1, 0.15) is 6.61 Å². The van der Waals surface area contributed by atoms with Crippen molar-refractivity contribution in [3.8, 4) is 0 Å². The highest BCUT2D eigenvalue weighted by atomic mass is 31.2. The predicted octanol–water partition coefficient (Wildman–Crippen LogP) is 22.0. The number of carbonyl (C=O) groups is 2. The lowest BCUT2D eigenvalue weighted by Crippen LogP contribution is -2.29. The van der Waals surface area contributed by atoms with Crippen molar-refractivity contribution in [1.29, 1.82) is 0 Å². The highest BCUT2D eigenvalue weighted by Crippen LogP contribution is 2.43. The third kappa shape index (κ3) is 68.1. The van der Waals surface area contributed by atoms with Crippen LogP contribution in [0.1, 0.15) is 245 Å². The number of rotatable bonds is 60. The van der Waals surface area contributed by atoms with Gasteiger partial charge in [-0.25, -0.2) is 4.57 Å². The van der Waals surface area contributed by atoms with Crippen molar-refractivity contribution in [3.05, 3.63) is 182 Å². The largest absolute Gasteiger partial charge is 0.472 e. The van der Waals surface area contributed by atoms with Gasteiger partial charge in [0.15, 0.2) is 6.10 Å². The molecule has 0 heterocycles. The van der Waals surface area contributed by atoms with Crippen LogP contribution in [-0.2, 0) is 32.7 Å². The third-order valence-corrected chi connectivity index (χ3v) is 14.3. The fourth-order valence-corrected chi connectivity index (χ4v) is 9.22. The molecule has 0 bridgehead atoms. The van der Waals surface area contributed by atoms with Crippen molar-refractivity contribution in [2.45, 2.75) is 251 Å². The molecule has 10 heteroatoms. The lowest BCUT2D eigenvalue weighted by molar-refractivity contribution is -0.161. The molecule has 0 saturated heterocycles. The normalized spacial score (nSPS) is 14.2. The molecule has 2 unspecified atom stereocenters. The van der Waals surface area contributed by atoms with E-state index in [-0.39, 0.29) is 32.6 Å². The molecule has 0 aliphatic rings. The Labute approximate surface area is 520 Å². The van der Waals surface area contributed by atoms with Gasteiger partial charge in [0.2, 0.25) is 0 Å². The molecule has 0 spiro atoms. The van der Waals surface area contributed by atoms with Crippen LogP contribution >= 0.6 is 7.82 Å². The monoisotopic (exact) mass is 1190 g/mol. The summed E-state index contributed by atoms with van der Waals surface area (Å²) in [7, 11) is -4.41. The van der Waals surface area contributed by atoms with Gasteiger partial charge in [0.05, 0.1) is 13.2 Å². The standard InChI is InChI=1S/C75H120NO8P/c1-3-5-7-9-11-13-15-17-19-21-23-25-27-29-31-32-33-34-35-36-37-38-39-40-42-44-46-48-50-52-54-56-58-60-62-64-66-68-75(78)84-73(72-83-85(79,80)82-70-69-76)71-81-74(77)67-65-63-61-59-57-55-53-51-49-47-45-43-41-30-28-26-24-22-20-18-16-14-12-10-8-6-4-2/h5-8,11-14,17-20,23-26,29-31,33-34,36-37,39-41,44-47,73H,3-4,9-10,15-16,21-22,27-28,32,35,38,42-43,48-72,76H2,1-2H3,(H,79,80)/b7-5-,8-6-,13-11-,14-12-,19-17-,20-18-,25-23-,26-24-,31-29-,34-33-,37-36-,40-39-,41-30-,46-44-,47-45-. The van der Waals surface area contributed by atoms with Gasteiger partial charge in [-0.05, 0) is 135 Å². The maximum absolute atomic E-state index is 12.8. The average Bonchev–Trinajstić information content (AvgIpc) is 3.52. The van der Waals surface area contributed by atoms with E-state index in [1.54, 1.807) is 0 Å². The van der Waals surface area contributed by atoms with E-state index < -0.39 is 32.5 Å². The molecule has 0 saturated carbocycles. The number of hydrogen-bond acceptors (Lipinski definition) is 8. The van der Waals surface area contributed by atoms with E-state index in [2.05, 4.69) is 196 Å². The highest BCUT2D eigenvalue weighted by Gasteiger charge is 2.26. The Morgan fingerprint density at radius 1 is 0.353 bits per heavy atom. The number of nitrogens with two attached hydrogens (primary N) is 1. The summed E-state index contributed by atoms with van der Waals surface area (Å²) in [6.45, 7) is 3.48. The average molecular weight is 1190 g/mol. The number of allylic oxidation sites excluding steroid dienone is 30. The van der Waals surface area contributed by atoms with E-state index in [0.717, 1.165) is 148 Å². The number of ether oxygens (including phenoxy) is 2. The van der Waals surface area contributed by atoms with Crippen molar-refractivity contribution < 1.29 is 37.6 Å². The van der Waals surface area contributed by atoms with E-state index in [9.17, 15) is 19.0 Å². The number of carbonyl (C=O) groups excluding carboxylic acids is 2. The van der Waals surface area contributed by atoms with Crippen LogP contribution in [0.2, 0.25) is 0 Å². The van der Waals surface area contributed by atoms with E-state index in [1.807, 2.05) is 0 Å². The molecule has 0 aliphatic heterocycles. The topological polar surface area (TPSA) is 134 Å². The Kier molecular flexibility index (Phi) is 64.3. The first-order valence-electron chi connectivity index (χ1n) is 33.3. The first-order chi connectivity index (χ1) is 41.8. The van der Waals surface area contributed by atoms with Crippen LogP contribution in [0.15, 0.2) is 182 Å². The van der Waals surface area contributed by atoms with Gasteiger partial charge in [0, 0.05) is 19.4 Å². The number of unbranched alkanes of at least 4 members (excludes halogenated alkanes) is 17. The number of hydrogen-bond donors (Lipinski definition) is 2. The van der Waals surface area contributed by atoms with Crippen LogP contribution in [0.3, 0.4) is 0 Å². The number of phosphoric ester groups is 1. The molecule has 85 heavy (non-hydrogen) atoms. The van der Waals surface area contributed by atoms with E-state index in [1.165, 1.54) is 57.8 Å². The van der Waals surface area contributed by atoms with Crippen LogP contribution in [0.4, 0.5) is 0 Å². The molecule has 0 fully saturated rings. The smallest absolute Gasteiger partial charge is 0.462 e. The summed E-state index contributed by atoms with van der Waals surface area (Å²) < 4.78 is 33.1. The molecule has 0 aromatic rings.